The van der Waals surface area contributed by atoms with E-state index in [4.69, 9.17) is 4.42 Å². The molecule has 3 rings (SSSR count). The number of hydrogen-bond acceptors (Lipinski definition) is 3. The van der Waals surface area contributed by atoms with Gasteiger partial charge in [0, 0.05) is 36.6 Å². The Hall–Kier alpha value is -2.76. The Bertz CT molecular complexity index is 828. The first-order valence-corrected chi connectivity index (χ1v) is 10.0. The normalized spacial score (nSPS) is 15.1. The molecule has 1 aliphatic rings. The second-order valence-electron chi connectivity index (χ2n) is 7.35. The average molecular weight is 383 g/mol. The zero-order valence-electron chi connectivity index (χ0n) is 16.7. The van der Waals surface area contributed by atoms with E-state index in [1.165, 1.54) is 49.8 Å². The Balaban J connectivity index is 1.48. The van der Waals surface area contributed by atoms with Gasteiger partial charge in [-0.3, -0.25) is 9.59 Å². The number of nitrogens with zero attached hydrogens (tertiary/aromatic N) is 1. The van der Waals surface area contributed by atoms with Crippen LogP contribution >= 0.6 is 0 Å². The lowest BCUT2D eigenvalue weighted by Crippen LogP contribution is -2.33. The molecule has 2 aromatic rings. The standard InChI is InChI=1S/C22H29N3O3/c1-16-15-18(17(2)25(16)19-7-4-3-5-8-19)10-11-21(26)23-12-13-24-22(27)20-9-6-14-28-20/h6,9-11,14-15,19H,3-5,7-8,12-13H2,1-2H3,(H,23,26)(H,24,27)/b11-10+. The fourth-order valence-electron chi connectivity index (χ4n) is 3.95. The van der Waals surface area contributed by atoms with Crippen LogP contribution in [0.4, 0.5) is 0 Å². The molecule has 1 aliphatic carbocycles. The summed E-state index contributed by atoms with van der Waals surface area (Å²) in [6, 6.07) is 5.99. The topological polar surface area (TPSA) is 76.3 Å². The average Bonchev–Trinajstić information content (AvgIpc) is 3.32. The molecule has 1 fully saturated rings. The van der Waals surface area contributed by atoms with Gasteiger partial charge in [-0.05, 0) is 56.5 Å². The molecule has 150 valence electrons. The summed E-state index contributed by atoms with van der Waals surface area (Å²) in [5.41, 5.74) is 3.56. The first-order valence-electron chi connectivity index (χ1n) is 10.0. The highest BCUT2D eigenvalue weighted by molar-refractivity contribution is 5.92. The number of aryl methyl sites for hydroxylation is 1. The third-order valence-corrected chi connectivity index (χ3v) is 5.33. The molecule has 1 saturated carbocycles. The number of carbonyl (C=O) groups is 2. The molecule has 0 aromatic carbocycles. The fraction of sp³-hybridized carbons (Fsp3) is 0.455. The van der Waals surface area contributed by atoms with Gasteiger partial charge in [-0.2, -0.15) is 0 Å². The summed E-state index contributed by atoms with van der Waals surface area (Å²) >= 11 is 0. The lowest BCUT2D eigenvalue weighted by Gasteiger charge is -2.26. The summed E-state index contributed by atoms with van der Waals surface area (Å²) in [6.45, 7) is 4.97. The Labute approximate surface area is 166 Å². The molecule has 2 N–H and O–H groups in total. The molecule has 0 bridgehead atoms. The highest BCUT2D eigenvalue weighted by Crippen LogP contribution is 2.32. The number of hydrogen-bond donors (Lipinski definition) is 2. The van der Waals surface area contributed by atoms with Crippen LogP contribution in [0.5, 0.6) is 0 Å². The van der Waals surface area contributed by atoms with E-state index in [1.807, 2.05) is 6.08 Å². The van der Waals surface area contributed by atoms with E-state index in [2.05, 4.69) is 35.1 Å². The van der Waals surface area contributed by atoms with E-state index < -0.39 is 0 Å². The van der Waals surface area contributed by atoms with Crippen LogP contribution in [0.1, 0.15) is 65.7 Å². The van der Waals surface area contributed by atoms with Gasteiger partial charge in [0.25, 0.3) is 5.91 Å². The van der Waals surface area contributed by atoms with Crippen LogP contribution in [0.2, 0.25) is 0 Å². The summed E-state index contributed by atoms with van der Waals surface area (Å²) in [5, 5.41) is 5.48. The molecule has 2 aromatic heterocycles. The third-order valence-electron chi connectivity index (χ3n) is 5.33. The molecule has 2 heterocycles. The molecule has 6 heteroatoms. The second kappa shape index (κ2) is 9.44. The third kappa shape index (κ3) is 4.94. The fourth-order valence-corrected chi connectivity index (χ4v) is 3.95. The van der Waals surface area contributed by atoms with E-state index in [-0.39, 0.29) is 17.6 Å². The Kier molecular flexibility index (Phi) is 6.74. The number of aromatic nitrogens is 1. The monoisotopic (exact) mass is 383 g/mol. The van der Waals surface area contributed by atoms with Crippen LogP contribution in [-0.4, -0.2) is 29.5 Å². The predicted octanol–water partition coefficient (Wildman–Crippen LogP) is 3.76. The van der Waals surface area contributed by atoms with Gasteiger partial charge in [-0.25, -0.2) is 0 Å². The van der Waals surface area contributed by atoms with E-state index in [1.54, 1.807) is 18.2 Å². The van der Waals surface area contributed by atoms with E-state index in [9.17, 15) is 9.59 Å². The quantitative estimate of drug-likeness (QED) is 0.564. The number of nitrogens with one attached hydrogen (secondary N) is 2. The Morgan fingerprint density at radius 1 is 1.18 bits per heavy atom. The minimum atomic E-state index is -0.287. The molecule has 0 saturated heterocycles. The van der Waals surface area contributed by atoms with Crippen LogP contribution in [0.25, 0.3) is 6.08 Å². The maximum absolute atomic E-state index is 12.1. The second-order valence-corrected chi connectivity index (χ2v) is 7.35. The first-order chi connectivity index (χ1) is 13.6. The van der Waals surface area contributed by atoms with Crippen LogP contribution in [0.3, 0.4) is 0 Å². The van der Waals surface area contributed by atoms with E-state index in [0.717, 1.165) is 5.56 Å². The number of amides is 2. The highest BCUT2D eigenvalue weighted by Gasteiger charge is 2.19. The molecular weight excluding hydrogens is 354 g/mol. The van der Waals surface area contributed by atoms with Gasteiger partial charge < -0.3 is 19.6 Å². The molecule has 0 atom stereocenters. The van der Waals surface area contributed by atoms with Crippen molar-refractivity contribution >= 4 is 17.9 Å². The Morgan fingerprint density at radius 3 is 2.64 bits per heavy atom. The first kappa shape index (κ1) is 20.0. The lowest BCUT2D eigenvalue weighted by atomic mass is 9.95. The molecule has 6 nitrogen and oxygen atoms in total. The smallest absolute Gasteiger partial charge is 0.287 e. The van der Waals surface area contributed by atoms with Crippen LogP contribution < -0.4 is 10.6 Å². The minimum Gasteiger partial charge on any atom is -0.459 e. The van der Waals surface area contributed by atoms with Gasteiger partial charge in [0.1, 0.15) is 0 Å². The highest BCUT2D eigenvalue weighted by atomic mass is 16.3. The van der Waals surface area contributed by atoms with E-state index >= 15 is 0 Å². The minimum absolute atomic E-state index is 0.172. The zero-order valence-corrected chi connectivity index (χ0v) is 16.7. The number of carbonyl (C=O) groups excluding carboxylic acids is 2. The van der Waals surface area contributed by atoms with Gasteiger partial charge >= 0.3 is 0 Å². The molecule has 0 unspecified atom stereocenters. The Morgan fingerprint density at radius 2 is 1.93 bits per heavy atom. The molecule has 0 aliphatic heterocycles. The molecule has 0 radical (unpaired) electrons. The summed E-state index contributed by atoms with van der Waals surface area (Å²) in [5.74, 6) is -0.195. The lowest BCUT2D eigenvalue weighted by molar-refractivity contribution is -0.116. The molecule has 2 amide bonds. The van der Waals surface area contributed by atoms with Crippen LogP contribution in [0, 0.1) is 13.8 Å². The maximum atomic E-state index is 12.1. The molecular formula is C22H29N3O3. The zero-order chi connectivity index (χ0) is 19.9. The van der Waals surface area contributed by atoms with Gasteiger partial charge in [0.2, 0.25) is 5.91 Å². The van der Waals surface area contributed by atoms with Crippen molar-refractivity contribution in [3.05, 3.63) is 53.2 Å². The van der Waals surface area contributed by atoms with E-state index in [0.29, 0.717) is 19.1 Å². The van der Waals surface area contributed by atoms with Gasteiger partial charge in [-0.1, -0.05) is 19.3 Å². The van der Waals surface area contributed by atoms with Crippen molar-refractivity contribution in [2.75, 3.05) is 13.1 Å². The van der Waals surface area contributed by atoms with Gasteiger partial charge in [0.15, 0.2) is 5.76 Å². The summed E-state index contributed by atoms with van der Waals surface area (Å²) < 4.78 is 7.45. The molecule has 28 heavy (non-hydrogen) atoms. The van der Waals surface area contributed by atoms with Crippen molar-refractivity contribution in [3.8, 4) is 0 Å². The summed E-state index contributed by atoms with van der Waals surface area (Å²) in [6.07, 6.45) is 11.3. The van der Waals surface area contributed by atoms with Crippen LogP contribution in [-0.2, 0) is 4.79 Å². The summed E-state index contributed by atoms with van der Waals surface area (Å²) in [7, 11) is 0. The molecule has 0 spiro atoms. The maximum Gasteiger partial charge on any atom is 0.287 e. The number of rotatable bonds is 7. The van der Waals surface area contributed by atoms with Crippen molar-refractivity contribution in [1.29, 1.82) is 0 Å². The van der Waals surface area contributed by atoms with Crippen molar-refractivity contribution in [1.82, 2.24) is 15.2 Å². The predicted molar refractivity (Wildman–Crippen MR) is 109 cm³/mol. The van der Waals surface area contributed by atoms with Gasteiger partial charge in [-0.15, -0.1) is 0 Å². The SMILES string of the molecule is Cc1cc(/C=C/C(=O)NCCNC(=O)c2ccco2)c(C)n1C1CCCCC1. The van der Waals surface area contributed by atoms with Crippen LogP contribution in [0.15, 0.2) is 35.0 Å². The van der Waals surface area contributed by atoms with Crippen molar-refractivity contribution in [2.45, 2.75) is 52.0 Å². The van der Waals surface area contributed by atoms with Crippen molar-refractivity contribution in [3.63, 3.8) is 0 Å². The number of furan rings is 1. The summed E-state index contributed by atoms with van der Waals surface area (Å²) in [4.78, 5) is 23.8. The van der Waals surface area contributed by atoms with Crippen molar-refractivity contribution in [2.24, 2.45) is 0 Å². The van der Waals surface area contributed by atoms with Crippen molar-refractivity contribution < 1.29 is 14.0 Å². The largest absolute Gasteiger partial charge is 0.459 e. The van der Waals surface area contributed by atoms with Gasteiger partial charge in [0.05, 0.1) is 6.26 Å².